The van der Waals surface area contributed by atoms with E-state index in [9.17, 15) is 4.21 Å². The molecule has 3 aromatic rings. The Labute approximate surface area is 216 Å². The van der Waals surface area contributed by atoms with Crippen LogP contribution in [0, 0.1) is 0 Å². The Balaban J connectivity index is 0.00000167. The van der Waals surface area contributed by atoms with Gasteiger partial charge in [0.15, 0.2) is 11.0 Å². The zero-order chi connectivity index (χ0) is 25.2. The summed E-state index contributed by atoms with van der Waals surface area (Å²) in [5.74, 6) is 1.42. The summed E-state index contributed by atoms with van der Waals surface area (Å²) in [5, 5.41) is 0.517. The fraction of sp³-hybridized carbons (Fsp3) is 0.333. The van der Waals surface area contributed by atoms with Crippen molar-refractivity contribution in [1.82, 2.24) is 4.90 Å². The third kappa shape index (κ3) is 7.37. The van der Waals surface area contributed by atoms with Gasteiger partial charge in [0.25, 0.3) is 0 Å². The van der Waals surface area contributed by atoms with Crippen LogP contribution in [0.15, 0.2) is 71.6 Å². The van der Waals surface area contributed by atoms with Gasteiger partial charge >= 0.3 is 0 Å². The van der Waals surface area contributed by atoms with Gasteiger partial charge in [0, 0.05) is 49.1 Å². The molecule has 4 rings (SSSR count). The second kappa shape index (κ2) is 13.4. The third-order valence-electron chi connectivity index (χ3n) is 5.71. The number of anilines is 2. The summed E-state index contributed by atoms with van der Waals surface area (Å²) in [6.45, 7) is 8.88. The molecule has 0 spiro atoms. The highest BCUT2D eigenvalue weighted by atomic mass is 35.5. The van der Waals surface area contributed by atoms with E-state index < -0.39 is 11.0 Å². The lowest BCUT2D eigenvalue weighted by atomic mass is 10.1. The molecule has 1 atom stereocenters. The SMILES string of the molecule is CC.COc1ccc(N2CCN(Cc3ccc(NS(=O)c4cc(Cl)ccc4OC)cc3)CC2)cc1. The number of hydrogen-bond donors (Lipinski definition) is 1. The summed E-state index contributed by atoms with van der Waals surface area (Å²) >= 11 is 6.06. The van der Waals surface area contributed by atoms with E-state index in [1.54, 1.807) is 32.4 Å². The van der Waals surface area contributed by atoms with E-state index in [-0.39, 0.29) is 0 Å². The Morgan fingerprint density at radius 3 is 2.14 bits per heavy atom. The molecule has 1 saturated heterocycles. The zero-order valence-electron chi connectivity index (χ0n) is 20.8. The van der Waals surface area contributed by atoms with Gasteiger partial charge < -0.3 is 19.1 Å². The minimum atomic E-state index is -1.48. The second-order valence-corrected chi connectivity index (χ2v) is 9.44. The zero-order valence-corrected chi connectivity index (χ0v) is 22.4. The lowest BCUT2D eigenvalue weighted by molar-refractivity contribution is 0.250. The first-order chi connectivity index (χ1) is 17.1. The van der Waals surface area contributed by atoms with Crippen molar-refractivity contribution in [3.8, 4) is 11.5 Å². The van der Waals surface area contributed by atoms with Crippen LogP contribution in [0.4, 0.5) is 11.4 Å². The first kappa shape index (κ1) is 26.9. The number of halogens is 1. The van der Waals surface area contributed by atoms with Crippen LogP contribution in [0.2, 0.25) is 5.02 Å². The van der Waals surface area contributed by atoms with Crippen molar-refractivity contribution in [1.29, 1.82) is 0 Å². The van der Waals surface area contributed by atoms with Crippen molar-refractivity contribution >= 4 is 34.0 Å². The first-order valence-electron chi connectivity index (χ1n) is 11.8. The van der Waals surface area contributed by atoms with Crippen molar-refractivity contribution in [2.24, 2.45) is 0 Å². The summed E-state index contributed by atoms with van der Waals surface area (Å²) in [7, 11) is 1.76. The molecule has 0 amide bonds. The summed E-state index contributed by atoms with van der Waals surface area (Å²) in [4.78, 5) is 5.38. The molecule has 0 aromatic heterocycles. The molecule has 1 N–H and O–H groups in total. The molecule has 0 aliphatic carbocycles. The molecule has 0 bridgehead atoms. The van der Waals surface area contributed by atoms with E-state index in [1.165, 1.54) is 11.3 Å². The number of nitrogens with one attached hydrogen (secondary N) is 1. The van der Waals surface area contributed by atoms with Gasteiger partial charge in [-0.05, 0) is 60.2 Å². The van der Waals surface area contributed by atoms with Crippen LogP contribution < -0.4 is 19.1 Å². The minimum Gasteiger partial charge on any atom is -0.497 e. The molecule has 1 unspecified atom stereocenters. The van der Waals surface area contributed by atoms with Crippen molar-refractivity contribution in [3.05, 3.63) is 77.3 Å². The molecule has 1 heterocycles. The molecule has 0 saturated carbocycles. The van der Waals surface area contributed by atoms with Crippen LogP contribution in [-0.4, -0.2) is 49.5 Å². The fourth-order valence-electron chi connectivity index (χ4n) is 3.85. The lowest BCUT2D eigenvalue weighted by Crippen LogP contribution is -2.45. The van der Waals surface area contributed by atoms with Crippen LogP contribution in [0.3, 0.4) is 0 Å². The van der Waals surface area contributed by atoms with Gasteiger partial charge in [-0.2, -0.15) is 0 Å². The molecular weight excluding hydrogens is 482 g/mol. The number of benzene rings is 3. The number of methoxy groups -OCH3 is 2. The molecule has 188 valence electrons. The predicted octanol–water partition coefficient (Wildman–Crippen LogP) is 5.84. The summed E-state index contributed by atoms with van der Waals surface area (Å²) < 4.78 is 26.4. The lowest BCUT2D eigenvalue weighted by Gasteiger charge is -2.36. The molecule has 6 nitrogen and oxygen atoms in total. The van der Waals surface area contributed by atoms with Crippen molar-refractivity contribution in [2.75, 3.05) is 50.0 Å². The molecule has 3 aromatic carbocycles. The molecule has 35 heavy (non-hydrogen) atoms. The van der Waals surface area contributed by atoms with Crippen molar-refractivity contribution < 1.29 is 13.7 Å². The quantitative estimate of drug-likeness (QED) is 0.408. The van der Waals surface area contributed by atoms with Crippen molar-refractivity contribution in [3.63, 3.8) is 0 Å². The van der Waals surface area contributed by atoms with E-state index in [2.05, 4.69) is 38.8 Å². The smallest absolute Gasteiger partial charge is 0.154 e. The number of piperazine rings is 1. The molecule has 1 aliphatic heterocycles. The highest BCUT2D eigenvalue weighted by Gasteiger charge is 2.18. The molecule has 1 fully saturated rings. The monoisotopic (exact) mass is 515 g/mol. The van der Waals surface area contributed by atoms with Gasteiger partial charge in [0.2, 0.25) is 0 Å². The second-order valence-electron chi connectivity index (χ2n) is 7.82. The van der Waals surface area contributed by atoms with Gasteiger partial charge in [-0.15, -0.1) is 0 Å². The molecular formula is C27H34ClN3O3S. The summed E-state index contributed by atoms with van der Waals surface area (Å²) in [6.07, 6.45) is 0. The van der Waals surface area contributed by atoms with Crippen LogP contribution in [0.1, 0.15) is 19.4 Å². The number of nitrogens with zero attached hydrogens (tertiary/aromatic N) is 2. The Kier molecular flexibility index (Phi) is 10.3. The number of hydrogen-bond acceptors (Lipinski definition) is 5. The Hall–Kier alpha value is -2.74. The van der Waals surface area contributed by atoms with E-state index >= 15 is 0 Å². The van der Waals surface area contributed by atoms with Gasteiger partial charge in [0.1, 0.15) is 16.4 Å². The van der Waals surface area contributed by atoms with Crippen LogP contribution in [-0.2, 0) is 17.5 Å². The van der Waals surface area contributed by atoms with Crippen LogP contribution >= 0.6 is 11.6 Å². The largest absolute Gasteiger partial charge is 0.497 e. The highest BCUT2D eigenvalue weighted by molar-refractivity contribution is 7.86. The standard InChI is InChI=1S/C25H28ClN3O3S.C2H6/c1-31-23-10-8-22(9-11-23)29-15-13-28(14-16-29)18-19-3-6-21(7-4-19)27-33(30)25-17-20(26)5-12-24(25)32-2;1-2/h3-12,17,27H,13-16,18H2,1-2H3;1-2H3. The third-order valence-corrected chi connectivity index (χ3v) is 7.08. The predicted molar refractivity (Wildman–Crippen MR) is 146 cm³/mol. The van der Waals surface area contributed by atoms with Crippen LogP contribution in [0.25, 0.3) is 0 Å². The van der Waals surface area contributed by atoms with E-state index in [0.29, 0.717) is 15.7 Å². The molecule has 0 radical (unpaired) electrons. The first-order valence-corrected chi connectivity index (χ1v) is 13.3. The average Bonchev–Trinajstić information content (AvgIpc) is 2.91. The van der Waals surface area contributed by atoms with Gasteiger partial charge in [-0.1, -0.05) is 37.6 Å². The van der Waals surface area contributed by atoms with Crippen molar-refractivity contribution in [2.45, 2.75) is 25.3 Å². The maximum absolute atomic E-state index is 12.8. The number of rotatable bonds is 8. The average molecular weight is 516 g/mol. The maximum atomic E-state index is 12.8. The summed E-state index contributed by atoms with van der Waals surface area (Å²) in [5.41, 5.74) is 3.24. The maximum Gasteiger partial charge on any atom is 0.154 e. The topological polar surface area (TPSA) is 54.0 Å². The Morgan fingerprint density at radius 1 is 0.886 bits per heavy atom. The van der Waals surface area contributed by atoms with E-state index in [0.717, 1.165) is 44.2 Å². The van der Waals surface area contributed by atoms with Gasteiger partial charge in [-0.3, -0.25) is 4.90 Å². The van der Waals surface area contributed by atoms with Crippen LogP contribution in [0.5, 0.6) is 11.5 Å². The van der Waals surface area contributed by atoms with Gasteiger partial charge in [-0.25, -0.2) is 4.21 Å². The fourth-order valence-corrected chi connectivity index (χ4v) is 5.12. The Morgan fingerprint density at radius 2 is 1.54 bits per heavy atom. The van der Waals surface area contributed by atoms with Gasteiger partial charge in [0.05, 0.1) is 14.2 Å². The summed E-state index contributed by atoms with van der Waals surface area (Å²) in [6, 6.07) is 21.4. The minimum absolute atomic E-state index is 0.517. The highest BCUT2D eigenvalue weighted by Crippen LogP contribution is 2.27. The number of ether oxygens (including phenoxy) is 2. The molecule has 8 heteroatoms. The van der Waals surface area contributed by atoms with E-state index in [4.69, 9.17) is 21.1 Å². The van der Waals surface area contributed by atoms with E-state index in [1.807, 2.05) is 38.1 Å². The Bertz CT molecular complexity index is 1090. The molecule has 1 aliphatic rings. The normalized spacial score (nSPS) is 14.5.